The van der Waals surface area contributed by atoms with Crippen LogP contribution in [0.15, 0.2) is 6.20 Å². The number of thioether (sulfide) groups is 1. The predicted octanol–water partition coefficient (Wildman–Crippen LogP) is 2.60. The Morgan fingerprint density at radius 1 is 1.50 bits per heavy atom. The Labute approximate surface area is 124 Å². The molecule has 3 heterocycles. The molecule has 3 rings (SSSR count). The van der Waals surface area contributed by atoms with Crippen LogP contribution in [-0.2, 0) is 11.8 Å². The minimum Gasteiger partial charge on any atom is -0.375 e. The molecule has 1 aromatic rings. The molecule has 0 radical (unpaired) electrons. The van der Waals surface area contributed by atoms with Crippen molar-refractivity contribution >= 4 is 17.5 Å². The Kier molecular flexibility index (Phi) is 3.91. The highest BCUT2D eigenvalue weighted by Crippen LogP contribution is 2.40. The maximum Gasteiger partial charge on any atom is 0.169 e. The summed E-state index contributed by atoms with van der Waals surface area (Å²) in [6, 6.07) is 0. The number of carbonyl (C=O) groups is 1. The van der Waals surface area contributed by atoms with Crippen LogP contribution in [0.25, 0.3) is 0 Å². The summed E-state index contributed by atoms with van der Waals surface area (Å²) in [5.74, 6) is 2.69. The zero-order valence-electron chi connectivity index (χ0n) is 12.2. The lowest BCUT2D eigenvalue weighted by atomic mass is 9.79. The second-order valence-electron chi connectivity index (χ2n) is 6.00. The van der Waals surface area contributed by atoms with E-state index in [1.54, 1.807) is 4.68 Å². The van der Waals surface area contributed by atoms with Gasteiger partial charge in [0, 0.05) is 25.8 Å². The highest BCUT2D eigenvalue weighted by molar-refractivity contribution is 7.99. The van der Waals surface area contributed by atoms with Crippen molar-refractivity contribution in [2.24, 2.45) is 13.0 Å². The third-order valence-corrected chi connectivity index (χ3v) is 5.53. The van der Waals surface area contributed by atoms with Crippen LogP contribution in [0.4, 0.5) is 0 Å². The van der Waals surface area contributed by atoms with Crippen molar-refractivity contribution in [2.45, 2.75) is 38.2 Å². The number of hydrogen-bond donors (Lipinski definition) is 0. The number of aryl methyl sites for hydroxylation is 2. The Balaban J connectivity index is 1.76. The van der Waals surface area contributed by atoms with E-state index < -0.39 is 0 Å². The molecule has 5 heteroatoms. The fraction of sp³-hybridized carbons (Fsp3) is 0.733. The van der Waals surface area contributed by atoms with Gasteiger partial charge in [0.1, 0.15) is 0 Å². The van der Waals surface area contributed by atoms with E-state index in [4.69, 9.17) is 4.74 Å². The van der Waals surface area contributed by atoms with Crippen molar-refractivity contribution < 1.29 is 9.53 Å². The molecular formula is C15H22N2O2S. The van der Waals surface area contributed by atoms with Crippen molar-refractivity contribution in [1.29, 1.82) is 0 Å². The van der Waals surface area contributed by atoms with Crippen LogP contribution in [0.2, 0.25) is 0 Å². The molecule has 0 bridgehead atoms. The number of rotatable bonds is 2. The second-order valence-corrected chi connectivity index (χ2v) is 7.22. The van der Waals surface area contributed by atoms with Crippen LogP contribution < -0.4 is 0 Å². The van der Waals surface area contributed by atoms with Gasteiger partial charge in [-0.2, -0.15) is 16.9 Å². The third kappa shape index (κ3) is 2.66. The average Bonchev–Trinajstić information content (AvgIpc) is 2.78. The van der Waals surface area contributed by atoms with Gasteiger partial charge >= 0.3 is 0 Å². The summed E-state index contributed by atoms with van der Waals surface area (Å²) in [6.07, 6.45) is 5.78. The first kappa shape index (κ1) is 14.1. The fourth-order valence-corrected chi connectivity index (χ4v) is 4.64. The van der Waals surface area contributed by atoms with Crippen molar-refractivity contribution in [2.75, 3.05) is 18.1 Å². The molecule has 2 saturated heterocycles. The first-order valence-electron chi connectivity index (χ1n) is 7.36. The Hall–Kier alpha value is -0.810. The summed E-state index contributed by atoms with van der Waals surface area (Å²) in [5.41, 5.74) is 1.61. The lowest BCUT2D eigenvalue weighted by Gasteiger charge is -2.42. The summed E-state index contributed by atoms with van der Waals surface area (Å²) in [7, 11) is 1.87. The molecule has 110 valence electrons. The standard InChI is InChI=1S/C15H22N2O2S/c1-11-13(10-17(2)16-11)14(18)12-3-6-19-15(9-12)4-7-20-8-5-15/h10,12H,3-9H2,1-2H3. The molecule has 1 atom stereocenters. The van der Waals surface area contributed by atoms with Crippen molar-refractivity contribution in [3.8, 4) is 0 Å². The van der Waals surface area contributed by atoms with E-state index in [9.17, 15) is 4.79 Å². The molecule has 0 aliphatic carbocycles. The van der Waals surface area contributed by atoms with Crippen molar-refractivity contribution in [3.05, 3.63) is 17.5 Å². The SMILES string of the molecule is Cc1nn(C)cc1C(=O)C1CCOC2(CCSCC2)C1. The third-order valence-electron chi connectivity index (χ3n) is 4.55. The molecule has 0 N–H and O–H groups in total. The number of Topliss-reactive ketones (excluding diaryl/α,β-unsaturated/α-hetero) is 1. The zero-order chi connectivity index (χ0) is 14.2. The molecule has 0 saturated carbocycles. The number of ketones is 1. The van der Waals surface area contributed by atoms with E-state index in [2.05, 4.69) is 5.10 Å². The summed E-state index contributed by atoms with van der Waals surface area (Å²) in [5, 5.41) is 4.29. The number of carbonyl (C=O) groups excluding carboxylic acids is 1. The quantitative estimate of drug-likeness (QED) is 0.787. The van der Waals surface area contributed by atoms with Gasteiger partial charge < -0.3 is 4.74 Å². The van der Waals surface area contributed by atoms with Gasteiger partial charge in [0.05, 0.1) is 16.9 Å². The van der Waals surface area contributed by atoms with Gasteiger partial charge in [-0.25, -0.2) is 0 Å². The normalized spacial score (nSPS) is 25.8. The van der Waals surface area contributed by atoms with E-state index in [-0.39, 0.29) is 17.3 Å². The van der Waals surface area contributed by atoms with E-state index >= 15 is 0 Å². The number of ether oxygens (including phenoxy) is 1. The number of nitrogens with zero attached hydrogens (tertiary/aromatic N) is 2. The molecule has 20 heavy (non-hydrogen) atoms. The Morgan fingerprint density at radius 2 is 2.25 bits per heavy atom. The van der Waals surface area contributed by atoms with Crippen LogP contribution in [-0.4, -0.2) is 39.3 Å². The molecule has 0 amide bonds. The van der Waals surface area contributed by atoms with Gasteiger partial charge in [-0.3, -0.25) is 9.48 Å². The monoisotopic (exact) mass is 294 g/mol. The zero-order valence-corrected chi connectivity index (χ0v) is 13.0. The maximum absolute atomic E-state index is 12.7. The summed E-state index contributed by atoms with van der Waals surface area (Å²) < 4.78 is 7.80. The fourth-order valence-electron chi connectivity index (χ4n) is 3.40. The van der Waals surface area contributed by atoms with Gasteiger partial charge in [0.25, 0.3) is 0 Å². The van der Waals surface area contributed by atoms with Crippen LogP contribution in [0.3, 0.4) is 0 Å². The maximum atomic E-state index is 12.7. The summed E-state index contributed by atoms with van der Waals surface area (Å²) in [6.45, 7) is 2.64. The van der Waals surface area contributed by atoms with Crippen LogP contribution in [0.5, 0.6) is 0 Å². The van der Waals surface area contributed by atoms with Crippen molar-refractivity contribution in [3.63, 3.8) is 0 Å². The molecule has 1 aromatic heterocycles. The molecule has 4 nitrogen and oxygen atoms in total. The first-order chi connectivity index (χ1) is 9.60. The minimum atomic E-state index is -0.0278. The van der Waals surface area contributed by atoms with Crippen molar-refractivity contribution in [1.82, 2.24) is 9.78 Å². The molecular weight excluding hydrogens is 272 g/mol. The highest BCUT2D eigenvalue weighted by atomic mass is 32.2. The van der Waals surface area contributed by atoms with Gasteiger partial charge in [0.2, 0.25) is 0 Å². The molecule has 2 aliphatic rings. The van der Waals surface area contributed by atoms with Gasteiger partial charge in [-0.15, -0.1) is 0 Å². The Bertz CT molecular complexity index is 500. The van der Waals surface area contributed by atoms with Gasteiger partial charge in [-0.1, -0.05) is 0 Å². The number of hydrogen-bond acceptors (Lipinski definition) is 4. The van der Waals surface area contributed by atoms with E-state index in [0.717, 1.165) is 55.1 Å². The largest absolute Gasteiger partial charge is 0.375 e. The molecule has 1 unspecified atom stereocenters. The van der Waals surface area contributed by atoms with E-state index in [1.807, 2.05) is 31.9 Å². The van der Waals surface area contributed by atoms with Crippen LogP contribution in [0.1, 0.15) is 41.7 Å². The average molecular weight is 294 g/mol. The van der Waals surface area contributed by atoms with E-state index in [1.165, 1.54) is 0 Å². The number of aromatic nitrogens is 2. The van der Waals surface area contributed by atoms with Gasteiger partial charge in [0.15, 0.2) is 5.78 Å². The Morgan fingerprint density at radius 3 is 2.90 bits per heavy atom. The minimum absolute atomic E-state index is 0.0278. The predicted molar refractivity (Wildman–Crippen MR) is 80.2 cm³/mol. The van der Waals surface area contributed by atoms with Gasteiger partial charge in [-0.05, 0) is 44.1 Å². The topological polar surface area (TPSA) is 44.1 Å². The lowest BCUT2D eigenvalue weighted by molar-refractivity contribution is -0.0959. The summed E-state index contributed by atoms with van der Waals surface area (Å²) in [4.78, 5) is 12.7. The second kappa shape index (κ2) is 5.53. The smallest absolute Gasteiger partial charge is 0.169 e. The highest BCUT2D eigenvalue weighted by Gasteiger charge is 2.41. The van der Waals surface area contributed by atoms with E-state index in [0.29, 0.717) is 0 Å². The van der Waals surface area contributed by atoms with Crippen LogP contribution >= 0.6 is 11.8 Å². The molecule has 1 spiro atoms. The lowest BCUT2D eigenvalue weighted by Crippen LogP contribution is -2.44. The molecule has 2 fully saturated rings. The first-order valence-corrected chi connectivity index (χ1v) is 8.51. The molecule has 2 aliphatic heterocycles. The molecule has 0 aromatic carbocycles. The summed E-state index contributed by atoms with van der Waals surface area (Å²) >= 11 is 2.00. The van der Waals surface area contributed by atoms with Crippen LogP contribution in [0, 0.1) is 12.8 Å².